The Hall–Kier alpha value is -3.09. The molecule has 0 saturated heterocycles. The van der Waals surface area contributed by atoms with E-state index in [1.807, 2.05) is 0 Å². The lowest BCUT2D eigenvalue weighted by molar-refractivity contribution is 0.109. The van der Waals surface area contributed by atoms with Crippen molar-refractivity contribution >= 4 is 60.0 Å². The fourth-order valence-corrected chi connectivity index (χ4v) is 2.40. The van der Waals surface area contributed by atoms with Gasteiger partial charge in [0, 0.05) is 23.4 Å². The topological polar surface area (TPSA) is 152 Å². The highest BCUT2D eigenvalue weighted by molar-refractivity contribution is 6.58. The van der Waals surface area contributed by atoms with E-state index in [4.69, 9.17) is 49.3 Å². The van der Waals surface area contributed by atoms with E-state index in [9.17, 15) is 9.59 Å². The molecule has 4 aromatic heterocycles. The third kappa shape index (κ3) is 8.21. The summed E-state index contributed by atoms with van der Waals surface area (Å²) in [5, 5.41) is 17.7. The van der Waals surface area contributed by atoms with Gasteiger partial charge in [0.1, 0.15) is 11.4 Å². The third-order valence-corrected chi connectivity index (χ3v) is 3.88. The van der Waals surface area contributed by atoms with Crippen LogP contribution in [0, 0.1) is 0 Å². The molecular formula is C18H12BCl3N4O6. The Bertz CT molecular complexity index is 1150. The highest BCUT2D eigenvalue weighted by Gasteiger charge is 2.13. The highest BCUT2D eigenvalue weighted by atomic mass is 35.5. The van der Waals surface area contributed by atoms with Crippen LogP contribution in [-0.2, 0) is 0 Å². The van der Waals surface area contributed by atoms with E-state index < -0.39 is 7.12 Å². The van der Waals surface area contributed by atoms with Crippen molar-refractivity contribution in [2.75, 3.05) is 0 Å². The molecule has 0 radical (unpaired) electrons. The van der Waals surface area contributed by atoms with Crippen LogP contribution in [0.5, 0.6) is 0 Å². The Balaban J connectivity index is 0.000000178. The number of nitrogens with zero attached hydrogens (tertiary/aromatic N) is 4. The zero-order chi connectivity index (χ0) is 23.5. The summed E-state index contributed by atoms with van der Waals surface area (Å²) in [4.78, 5) is 35.3. The maximum absolute atomic E-state index is 10.4. The number of rotatable bonds is 4. The number of hydrogen-bond acceptors (Lipinski definition) is 10. The SMILES string of the molecule is Clc1ccnc(Cl)n1.O=Cc1cc(-c2ccnc(Cl)n2)co1.O=Cc1cc(B(O)O)co1. The van der Waals surface area contributed by atoms with Crippen molar-refractivity contribution in [2.45, 2.75) is 0 Å². The minimum absolute atomic E-state index is 0.0862. The van der Waals surface area contributed by atoms with Gasteiger partial charge in [0.15, 0.2) is 24.1 Å². The molecule has 0 aliphatic carbocycles. The first kappa shape index (κ1) is 25.2. The Morgan fingerprint density at radius 3 is 1.88 bits per heavy atom. The maximum atomic E-state index is 10.4. The Morgan fingerprint density at radius 1 is 0.844 bits per heavy atom. The largest absolute Gasteiger partial charge is 0.491 e. The molecule has 0 fully saturated rings. The summed E-state index contributed by atoms with van der Waals surface area (Å²) in [7, 11) is -1.57. The summed E-state index contributed by atoms with van der Waals surface area (Å²) in [6.07, 6.45) is 6.73. The van der Waals surface area contributed by atoms with E-state index in [-0.39, 0.29) is 27.6 Å². The molecule has 4 aromatic rings. The normalized spacial score (nSPS) is 9.66. The molecule has 0 saturated carbocycles. The van der Waals surface area contributed by atoms with Crippen molar-refractivity contribution in [1.82, 2.24) is 19.9 Å². The van der Waals surface area contributed by atoms with Crippen molar-refractivity contribution < 1.29 is 28.5 Å². The molecule has 10 nitrogen and oxygen atoms in total. The summed E-state index contributed by atoms with van der Waals surface area (Å²) in [6.45, 7) is 0. The Labute approximate surface area is 196 Å². The first-order chi connectivity index (χ1) is 15.3. The van der Waals surface area contributed by atoms with E-state index in [0.29, 0.717) is 29.0 Å². The molecule has 4 heterocycles. The molecule has 14 heteroatoms. The van der Waals surface area contributed by atoms with Crippen LogP contribution in [0.2, 0.25) is 15.7 Å². The number of carbonyl (C=O) groups excluding carboxylic acids is 2. The van der Waals surface area contributed by atoms with Crippen LogP contribution in [0.25, 0.3) is 11.3 Å². The van der Waals surface area contributed by atoms with Crippen molar-refractivity contribution in [3.63, 3.8) is 0 Å². The van der Waals surface area contributed by atoms with E-state index >= 15 is 0 Å². The second kappa shape index (κ2) is 12.7. The zero-order valence-electron chi connectivity index (χ0n) is 15.8. The van der Waals surface area contributed by atoms with Gasteiger partial charge in [0.2, 0.25) is 10.6 Å². The van der Waals surface area contributed by atoms with E-state index in [1.54, 1.807) is 18.2 Å². The van der Waals surface area contributed by atoms with Crippen LogP contribution in [0.15, 0.2) is 58.0 Å². The van der Waals surface area contributed by atoms with Gasteiger partial charge >= 0.3 is 7.12 Å². The van der Waals surface area contributed by atoms with Gasteiger partial charge in [-0.1, -0.05) is 11.6 Å². The molecule has 164 valence electrons. The van der Waals surface area contributed by atoms with Crippen LogP contribution in [0.1, 0.15) is 21.1 Å². The molecule has 0 aliphatic rings. The number of halogens is 3. The van der Waals surface area contributed by atoms with E-state index in [2.05, 4.69) is 24.4 Å². The average Bonchev–Trinajstić information content (AvgIpc) is 3.44. The molecule has 0 bridgehead atoms. The first-order valence-electron chi connectivity index (χ1n) is 8.38. The monoisotopic (exact) mass is 496 g/mol. The summed E-state index contributed by atoms with van der Waals surface area (Å²) < 4.78 is 9.52. The van der Waals surface area contributed by atoms with Gasteiger partial charge in [-0.15, -0.1) is 0 Å². The molecule has 0 amide bonds. The lowest BCUT2D eigenvalue weighted by Gasteiger charge is -1.93. The number of furan rings is 2. The van der Waals surface area contributed by atoms with Gasteiger partial charge in [0.05, 0.1) is 12.0 Å². The quantitative estimate of drug-likeness (QED) is 0.186. The molecule has 0 atom stereocenters. The van der Waals surface area contributed by atoms with Crippen LogP contribution in [-0.4, -0.2) is 49.7 Å². The Morgan fingerprint density at radius 2 is 1.44 bits per heavy atom. The standard InChI is InChI=1S/C9H5ClN2O2.C5H5BO4.C4H2Cl2N2/c10-9-11-2-1-8(12-9)6-3-7(4-13)14-5-6;7-2-5-1-4(3-10-5)6(8)9;5-3-1-2-7-4(6)8-3/h1-5H;1-3,8-9H;1-2H. The zero-order valence-corrected chi connectivity index (χ0v) is 18.1. The molecule has 0 aromatic carbocycles. The Kier molecular flexibility index (Phi) is 9.99. The van der Waals surface area contributed by atoms with Crippen LogP contribution >= 0.6 is 34.8 Å². The molecule has 2 N–H and O–H groups in total. The fourth-order valence-electron chi connectivity index (χ4n) is 1.92. The first-order valence-corrected chi connectivity index (χ1v) is 9.52. The lowest BCUT2D eigenvalue weighted by Crippen LogP contribution is -2.27. The fraction of sp³-hybridized carbons (Fsp3) is 0. The van der Waals surface area contributed by atoms with Gasteiger partial charge in [-0.25, -0.2) is 19.9 Å². The minimum atomic E-state index is -1.57. The third-order valence-electron chi connectivity index (χ3n) is 3.30. The van der Waals surface area contributed by atoms with Gasteiger partial charge in [0.25, 0.3) is 0 Å². The summed E-state index contributed by atoms with van der Waals surface area (Å²) in [6, 6.07) is 6.10. The van der Waals surface area contributed by atoms with Crippen molar-refractivity contribution in [1.29, 1.82) is 0 Å². The number of aromatic nitrogens is 4. The molecule has 0 spiro atoms. The second-order valence-electron chi connectivity index (χ2n) is 5.49. The minimum Gasteiger partial charge on any atom is -0.462 e. The highest BCUT2D eigenvalue weighted by Crippen LogP contribution is 2.19. The molecule has 0 unspecified atom stereocenters. The number of aldehydes is 2. The summed E-state index contributed by atoms with van der Waals surface area (Å²) in [5.41, 5.74) is 1.51. The summed E-state index contributed by atoms with van der Waals surface area (Å²) in [5.74, 6) is 0.345. The van der Waals surface area contributed by atoms with Crippen LogP contribution < -0.4 is 5.46 Å². The van der Waals surface area contributed by atoms with Crippen LogP contribution in [0.4, 0.5) is 0 Å². The van der Waals surface area contributed by atoms with Gasteiger partial charge < -0.3 is 18.9 Å². The average molecular weight is 497 g/mol. The number of carbonyl (C=O) groups is 2. The molecule has 4 rings (SSSR count). The van der Waals surface area contributed by atoms with Gasteiger partial charge in [-0.05, 0) is 47.5 Å². The smallest absolute Gasteiger partial charge is 0.462 e. The predicted molar refractivity (Wildman–Crippen MR) is 116 cm³/mol. The molecular weight excluding hydrogens is 485 g/mol. The van der Waals surface area contributed by atoms with Crippen molar-refractivity contribution in [3.05, 3.63) is 76.4 Å². The number of hydrogen-bond donors (Lipinski definition) is 2. The van der Waals surface area contributed by atoms with Crippen molar-refractivity contribution in [2.24, 2.45) is 0 Å². The van der Waals surface area contributed by atoms with Crippen LogP contribution in [0.3, 0.4) is 0 Å². The van der Waals surface area contributed by atoms with Crippen molar-refractivity contribution in [3.8, 4) is 11.3 Å². The molecule has 32 heavy (non-hydrogen) atoms. The van der Waals surface area contributed by atoms with E-state index in [0.717, 1.165) is 6.26 Å². The predicted octanol–water partition coefficient (Wildman–Crippen LogP) is 2.76. The summed E-state index contributed by atoms with van der Waals surface area (Å²) >= 11 is 16.4. The van der Waals surface area contributed by atoms with Gasteiger partial charge in [-0.2, -0.15) is 0 Å². The maximum Gasteiger partial charge on any atom is 0.491 e. The second-order valence-corrected chi connectivity index (χ2v) is 6.55. The van der Waals surface area contributed by atoms with E-state index in [1.165, 1.54) is 24.7 Å². The van der Waals surface area contributed by atoms with Gasteiger partial charge in [-0.3, -0.25) is 9.59 Å². The lowest BCUT2D eigenvalue weighted by atomic mass is 9.83. The molecule has 0 aliphatic heterocycles.